The fourth-order valence-corrected chi connectivity index (χ4v) is 3.19. The standard InChI is InChI=1S/C24H40N2O/c1-3-4-5-6-7-8-9-10-11-12-13-14-15-16-24(27)26-25-21-23-19-17-22(2)18-20-23/h17-21H,3-16H2,1-2H3,(H,26,27)/b25-21-. The summed E-state index contributed by atoms with van der Waals surface area (Å²) < 4.78 is 0. The summed E-state index contributed by atoms with van der Waals surface area (Å²) in [5.41, 5.74) is 4.84. The lowest BCUT2D eigenvalue weighted by atomic mass is 10.0. The Kier molecular flexibility index (Phi) is 14.3. The average Bonchev–Trinajstić information content (AvgIpc) is 2.67. The van der Waals surface area contributed by atoms with Gasteiger partial charge in [-0.25, -0.2) is 5.43 Å². The van der Waals surface area contributed by atoms with Crippen LogP contribution in [0, 0.1) is 6.92 Å². The summed E-state index contributed by atoms with van der Waals surface area (Å²) >= 11 is 0. The zero-order valence-electron chi connectivity index (χ0n) is 17.6. The molecule has 0 heterocycles. The van der Waals surface area contributed by atoms with Crippen LogP contribution in [0.25, 0.3) is 0 Å². The van der Waals surface area contributed by atoms with Gasteiger partial charge in [-0.2, -0.15) is 5.10 Å². The Morgan fingerprint density at radius 2 is 1.30 bits per heavy atom. The molecule has 3 heteroatoms. The molecule has 0 bridgehead atoms. The number of benzene rings is 1. The van der Waals surface area contributed by atoms with Gasteiger partial charge in [0.1, 0.15) is 0 Å². The molecule has 1 aromatic rings. The third-order valence-electron chi connectivity index (χ3n) is 4.99. The van der Waals surface area contributed by atoms with Crippen LogP contribution in [0.4, 0.5) is 0 Å². The second kappa shape index (κ2) is 16.5. The lowest BCUT2D eigenvalue weighted by molar-refractivity contribution is -0.121. The van der Waals surface area contributed by atoms with Crippen LogP contribution in [0.15, 0.2) is 29.4 Å². The van der Waals surface area contributed by atoms with Gasteiger partial charge in [-0.3, -0.25) is 4.79 Å². The van der Waals surface area contributed by atoms with Crippen LogP contribution in [0.3, 0.4) is 0 Å². The number of rotatable bonds is 16. The minimum Gasteiger partial charge on any atom is -0.273 e. The van der Waals surface area contributed by atoms with E-state index < -0.39 is 0 Å². The SMILES string of the molecule is CCCCCCCCCCCCCCCC(=O)N/N=C\c1ccc(C)cc1. The Bertz CT molecular complexity index is 508. The van der Waals surface area contributed by atoms with E-state index in [0.29, 0.717) is 6.42 Å². The highest BCUT2D eigenvalue weighted by Gasteiger charge is 1.99. The van der Waals surface area contributed by atoms with E-state index in [1.165, 1.54) is 76.2 Å². The van der Waals surface area contributed by atoms with E-state index in [2.05, 4.69) is 24.4 Å². The number of carbonyl (C=O) groups is 1. The number of amides is 1. The van der Waals surface area contributed by atoms with E-state index in [4.69, 9.17) is 0 Å². The third-order valence-corrected chi connectivity index (χ3v) is 4.99. The summed E-state index contributed by atoms with van der Waals surface area (Å²) in [4.78, 5) is 11.8. The molecule has 152 valence electrons. The van der Waals surface area contributed by atoms with Crippen LogP contribution in [0.2, 0.25) is 0 Å². The van der Waals surface area contributed by atoms with E-state index in [9.17, 15) is 4.79 Å². The van der Waals surface area contributed by atoms with E-state index in [0.717, 1.165) is 18.4 Å². The van der Waals surface area contributed by atoms with Crippen molar-refractivity contribution in [2.45, 2.75) is 104 Å². The summed E-state index contributed by atoms with van der Waals surface area (Å²) in [6.45, 7) is 4.32. The Balaban J connectivity index is 1.87. The molecule has 27 heavy (non-hydrogen) atoms. The van der Waals surface area contributed by atoms with Crippen molar-refractivity contribution in [3.8, 4) is 0 Å². The number of nitrogens with zero attached hydrogens (tertiary/aromatic N) is 1. The van der Waals surface area contributed by atoms with Crippen molar-refractivity contribution < 1.29 is 4.79 Å². The molecule has 1 amide bonds. The van der Waals surface area contributed by atoms with Crippen molar-refractivity contribution in [3.05, 3.63) is 35.4 Å². The Hall–Kier alpha value is -1.64. The minimum atomic E-state index is 0.0152. The number of hydrogen-bond donors (Lipinski definition) is 1. The quantitative estimate of drug-likeness (QED) is 0.191. The summed E-state index contributed by atoms with van der Waals surface area (Å²) in [5, 5.41) is 4.03. The van der Waals surface area contributed by atoms with Crippen molar-refractivity contribution in [1.82, 2.24) is 5.43 Å². The summed E-state index contributed by atoms with van der Waals surface area (Å²) in [7, 11) is 0. The second-order valence-corrected chi connectivity index (χ2v) is 7.70. The highest BCUT2D eigenvalue weighted by atomic mass is 16.2. The number of hydrazone groups is 1. The molecule has 0 unspecified atom stereocenters. The van der Waals surface area contributed by atoms with Gasteiger partial charge in [0.2, 0.25) is 5.91 Å². The summed E-state index contributed by atoms with van der Waals surface area (Å²) in [6, 6.07) is 8.07. The van der Waals surface area contributed by atoms with Crippen molar-refractivity contribution in [2.75, 3.05) is 0 Å². The first-order valence-corrected chi connectivity index (χ1v) is 11.1. The zero-order chi connectivity index (χ0) is 19.6. The van der Waals surface area contributed by atoms with Crippen LogP contribution in [-0.4, -0.2) is 12.1 Å². The van der Waals surface area contributed by atoms with Gasteiger partial charge in [0.15, 0.2) is 0 Å². The van der Waals surface area contributed by atoms with Crippen molar-refractivity contribution in [3.63, 3.8) is 0 Å². The van der Waals surface area contributed by atoms with Crippen molar-refractivity contribution in [2.24, 2.45) is 5.10 Å². The third kappa shape index (κ3) is 14.1. The molecule has 3 nitrogen and oxygen atoms in total. The number of carbonyl (C=O) groups excluding carboxylic acids is 1. The largest absolute Gasteiger partial charge is 0.273 e. The van der Waals surface area contributed by atoms with Gasteiger partial charge in [-0.05, 0) is 18.9 Å². The Labute approximate surface area is 167 Å². The van der Waals surface area contributed by atoms with E-state index in [-0.39, 0.29) is 5.91 Å². The molecule has 1 N–H and O–H groups in total. The topological polar surface area (TPSA) is 41.5 Å². The molecule has 0 saturated carbocycles. The van der Waals surface area contributed by atoms with Crippen LogP contribution >= 0.6 is 0 Å². The highest BCUT2D eigenvalue weighted by Crippen LogP contribution is 2.12. The van der Waals surface area contributed by atoms with E-state index >= 15 is 0 Å². The lowest BCUT2D eigenvalue weighted by Crippen LogP contribution is -2.16. The van der Waals surface area contributed by atoms with Crippen LogP contribution in [-0.2, 0) is 4.79 Å². The minimum absolute atomic E-state index is 0.0152. The molecule has 0 atom stereocenters. The first-order valence-electron chi connectivity index (χ1n) is 11.1. The number of nitrogens with one attached hydrogen (secondary N) is 1. The van der Waals surface area contributed by atoms with Crippen LogP contribution in [0.1, 0.15) is 108 Å². The molecule has 0 aliphatic carbocycles. The fraction of sp³-hybridized carbons (Fsp3) is 0.667. The van der Waals surface area contributed by atoms with Gasteiger partial charge in [0, 0.05) is 6.42 Å². The maximum Gasteiger partial charge on any atom is 0.240 e. The first-order chi connectivity index (χ1) is 13.2. The van der Waals surface area contributed by atoms with Gasteiger partial charge >= 0.3 is 0 Å². The smallest absolute Gasteiger partial charge is 0.240 e. The molecular formula is C24H40N2O. The average molecular weight is 373 g/mol. The Morgan fingerprint density at radius 1 is 0.815 bits per heavy atom. The molecule has 0 fully saturated rings. The number of hydrogen-bond acceptors (Lipinski definition) is 2. The molecule has 0 aliphatic heterocycles. The van der Waals surface area contributed by atoms with E-state index in [1.54, 1.807) is 6.21 Å². The summed E-state index contributed by atoms with van der Waals surface area (Å²) in [5.74, 6) is 0.0152. The van der Waals surface area contributed by atoms with Gasteiger partial charge in [-0.15, -0.1) is 0 Å². The van der Waals surface area contributed by atoms with Gasteiger partial charge in [0.05, 0.1) is 6.21 Å². The first kappa shape index (κ1) is 23.4. The second-order valence-electron chi connectivity index (χ2n) is 7.70. The fourth-order valence-electron chi connectivity index (χ4n) is 3.19. The monoisotopic (exact) mass is 372 g/mol. The molecule has 0 aliphatic rings. The molecule has 0 spiro atoms. The molecule has 1 aromatic carbocycles. The van der Waals surface area contributed by atoms with Crippen molar-refractivity contribution >= 4 is 12.1 Å². The maximum absolute atomic E-state index is 11.8. The van der Waals surface area contributed by atoms with Gasteiger partial charge in [0.25, 0.3) is 0 Å². The van der Waals surface area contributed by atoms with Crippen LogP contribution in [0.5, 0.6) is 0 Å². The molecular weight excluding hydrogens is 332 g/mol. The molecule has 0 saturated heterocycles. The normalized spacial score (nSPS) is 11.2. The Morgan fingerprint density at radius 3 is 1.81 bits per heavy atom. The predicted octanol–water partition coefficient (Wildman–Crippen LogP) is 6.93. The van der Waals surface area contributed by atoms with Crippen LogP contribution < -0.4 is 5.43 Å². The maximum atomic E-state index is 11.8. The highest BCUT2D eigenvalue weighted by molar-refractivity contribution is 5.82. The predicted molar refractivity (Wildman–Crippen MR) is 117 cm³/mol. The number of aryl methyl sites for hydroxylation is 1. The van der Waals surface area contributed by atoms with Gasteiger partial charge in [-0.1, -0.05) is 114 Å². The van der Waals surface area contributed by atoms with E-state index in [1.807, 2.05) is 24.3 Å². The molecule has 0 radical (unpaired) electrons. The molecule has 0 aromatic heterocycles. The van der Waals surface area contributed by atoms with Crippen molar-refractivity contribution in [1.29, 1.82) is 0 Å². The summed E-state index contributed by atoms with van der Waals surface area (Å²) in [6.07, 6.45) is 19.5. The lowest BCUT2D eigenvalue weighted by Gasteiger charge is -2.03. The zero-order valence-corrected chi connectivity index (χ0v) is 17.6. The molecule has 1 rings (SSSR count). The van der Waals surface area contributed by atoms with Gasteiger partial charge < -0.3 is 0 Å². The number of unbranched alkanes of at least 4 members (excludes halogenated alkanes) is 12.